The van der Waals surface area contributed by atoms with E-state index in [0.29, 0.717) is 18.8 Å². The molecule has 6 nitrogen and oxygen atoms in total. The van der Waals surface area contributed by atoms with Crippen molar-refractivity contribution in [2.75, 3.05) is 38.6 Å². The van der Waals surface area contributed by atoms with Gasteiger partial charge in [0, 0.05) is 44.3 Å². The number of hydrogen-bond donors (Lipinski definition) is 1. The van der Waals surface area contributed by atoms with Gasteiger partial charge in [-0.3, -0.25) is 9.88 Å². The Labute approximate surface area is 187 Å². The Hall–Kier alpha value is -3.64. The van der Waals surface area contributed by atoms with E-state index >= 15 is 0 Å². The van der Waals surface area contributed by atoms with Crippen LogP contribution in [0.1, 0.15) is 5.56 Å². The topological polar surface area (TPSA) is 57.7 Å². The Kier molecular flexibility index (Phi) is 5.60. The Morgan fingerprint density at radius 2 is 1.69 bits per heavy atom. The molecule has 1 N–H and O–H groups in total. The normalized spacial score (nSPS) is 14.6. The summed E-state index contributed by atoms with van der Waals surface area (Å²) in [6.07, 6.45) is 1.70. The SMILES string of the molecule is COc1ccnc2c(NC(=O)N3CCN(Cc4cccc5ccccc45)CC3)cccc12. The Morgan fingerprint density at radius 3 is 2.53 bits per heavy atom. The summed E-state index contributed by atoms with van der Waals surface area (Å²) >= 11 is 0. The largest absolute Gasteiger partial charge is 0.496 e. The van der Waals surface area contributed by atoms with Gasteiger partial charge in [0.15, 0.2) is 0 Å². The van der Waals surface area contributed by atoms with E-state index in [1.807, 2.05) is 29.2 Å². The summed E-state index contributed by atoms with van der Waals surface area (Å²) in [6, 6.07) is 22.4. The molecule has 0 aliphatic carbocycles. The second-order valence-electron chi connectivity index (χ2n) is 8.05. The van der Waals surface area contributed by atoms with Crippen LogP contribution in [-0.4, -0.2) is 54.1 Å². The highest BCUT2D eigenvalue weighted by Gasteiger charge is 2.22. The molecular weight excluding hydrogens is 400 g/mol. The number of pyridine rings is 1. The monoisotopic (exact) mass is 426 g/mol. The highest BCUT2D eigenvalue weighted by molar-refractivity contribution is 6.01. The molecule has 1 saturated heterocycles. The molecule has 2 amide bonds. The maximum Gasteiger partial charge on any atom is 0.321 e. The van der Waals surface area contributed by atoms with Crippen LogP contribution in [0.4, 0.5) is 10.5 Å². The second-order valence-corrected chi connectivity index (χ2v) is 8.05. The fourth-order valence-electron chi connectivity index (χ4n) is 4.40. The lowest BCUT2D eigenvalue weighted by atomic mass is 10.0. The molecule has 6 heteroatoms. The first-order chi connectivity index (χ1) is 15.7. The van der Waals surface area contributed by atoms with E-state index in [9.17, 15) is 4.79 Å². The minimum Gasteiger partial charge on any atom is -0.496 e. The maximum atomic E-state index is 12.9. The molecule has 2 heterocycles. The van der Waals surface area contributed by atoms with Gasteiger partial charge < -0.3 is 15.0 Å². The number of piperazine rings is 1. The summed E-state index contributed by atoms with van der Waals surface area (Å²) in [5.74, 6) is 0.744. The first-order valence-electron chi connectivity index (χ1n) is 10.9. The van der Waals surface area contributed by atoms with Gasteiger partial charge in [-0.05, 0) is 34.5 Å². The van der Waals surface area contributed by atoms with Crippen molar-refractivity contribution in [3.63, 3.8) is 0 Å². The molecule has 0 spiro atoms. The lowest BCUT2D eigenvalue weighted by molar-refractivity contribution is 0.143. The minimum absolute atomic E-state index is 0.0908. The van der Waals surface area contributed by atoms with Crippen LogP contribution in [0.3, 0.4) is 0 Å². The number of fused-ring (bicyclic) bond motifs is 2. The van der Waals surface area contributed by atoms with Crippen molar-refractivity contribution in [2.45, 2.75) is 6.54 Å². The van der Waals surface area contributed by atoms with Gasteiger partial charge in [0.1, 0.15) is 5.75 Å². The Morgan fingerprint density at radius 1 is 0.938 bits per heavy atom. The number of benzene rings is 3. The zero-order valence-corrected chi connectivity index (χ0v) is 18.1. The van der Waals surface area contributed by atoms with Crippen LogP contribution in [0.2, 0.25) is 0 Å². The fourth-order valence-corrected chi connectivity index (χ4v) is 4.40. The van der Waals surface area contributed by atoms with Crippen LogP contribution in [-0.2, 0) is 6.54 Å². The standard InChI is InChI=1S/C26H26N4O2/c1-32-24-12-13-27-25-22(24)10-5-11-23(25)28-26(31)30-16-14-29(15-17-30)18-20-8-4-7-19-6-2-3-9-21(19)20/h2-13H,14-18H2,1H3,(H,28,31). The fraction of sp³-hybridized carbons (Fsp3) is 0.231. The van der Waals surface area contributed by atoms with Crippen LogP contribution in [0.5, 0.6) is 5.75 Å². The summed E-state index contributed by atoms with van der Waals surface area (Å²) in [6.45, 7) is 3.97. The average molecular weight is 427 g/mol. The van der Waals surface area contributed by atoms with Crippen molar-refractivity contribution in [3.05, 3.63) is 78.5 Å². The molecule has 1 aliphatic rings. The van der Waals surface area contributed by atoms with E-state index < -0.39 is 0 Å². The van der Waals surface area contributed by atoms with E-state index in [2.05, 4.69) is 57.7 Å². The number of nitrogens with one attached hydrogen (secondary N) is 1. The number of aromatic nitrogens is 1. The van der Waals surface area contributed by atoms with Crippen molar-refractivity contribution in [3.8, 4) is 5.75 Å². The number of ether oxygens (including phenoxy) is 1. The van der Waals surface area contributed by atoms with Crippen LogP contribution < -0.4 is 10.1 Å². The van der Waals surface area contributed by atoms with Gasteiger partial charge >= 0.3 is 6.03 Å². The van der Waals surface area contributed by atoms with Crippen molar-refractivity contribution in [1.82, 2.24) is 14.8 Å². The molecule has 4 aromatic rings. The maximum absolute atomic E-state index is 12.9. The predicted octanol–water partition coefficient (Wildman–Crippen LogP) is 4.75. The molecule has 0 saturated carbocycles. The first-order valence-corrected chi connectivity index (χ1v) is 10.9. The van der Waals surface area contributed by atoms with Crippen LogP contribution in [0, 0.1) is 0 Å². The molecule has 162 valence electrons. The number of nitrogens with zero attached hydrogens (tertiary/aromatic N) is 3. The van der Waals surface area contributed by atoms with Gasteiger partial charge in [0.05, 0.1) is 18.3 Å². The molecule has 0 unspecified atom stereocenters. The molecular formula is C26H26N4O2. The number of methoxy groups -OCH3 is 1. The third-order valence-corrected chi connectivity index (χ3v) is 6.13. The summed E-state index contributed by atoms with van der Waals surface area (Å²) in [7, 11) is 1.64. The number of para-hydroxylation sites is 1. The quantitative estimate of drug-likeness (QED) is 0.512. The molecule has 1 fully saturated rings. The van der Waals surface area contributed by atoms with E-state index in [1.165, 1.54) is 16.3 Å². The van der Waals surface area contributed by atoms with Crippen molar-refractivity contribution < 1.29 is 9.53 Å². The van der Waals surface area contributed by atoms with E-state index in [-0.39, 0.29) is 6.03 Å². The molecule has 3 aromatic carbocycles. The Balaban J connectivity index is 1.24. The molecule has 1 aliphatic heterocycles. The highest BCUT2D eigenvalue weighted by atomic mass is 16.5. The number of anilines is 1. The summed E-state index contributed by atoms with van der Waals surface area (Å²) < 4.78 is 5.42. The molecule has 32 heavy (non-hydrogen) atoms. The highest BCUT2D eigenvalue weighted by Crippen LogP contribution is 2.29. The molecule has 0 bridgehead atoms. The number of urea groups is 1. The summed E-state index contributed by atoms with van der Waals surface area (Å²) in [4.78, 5) is 21.7. The third-order valence-electron chi connectivity index (χ3n) is 6.13. The lowest BCUT2D eigenvalue weighted by Gasteiger charge is -2.35. The van der Waals surface area contributed by atoms with Gasteiger partial charge in [-0.2, -0.15) is 0 Å². The van der Waals surface area contributed by atoms with Gasteiger partial charge in [0.25, 0.3) is 0 Å². The first kappa shape index (κ1) is 20.3. The zero-order valence-electron chi connectivity index (χ0n) is 18.1. The number of hydrogen-bond acceptors (Lipinski definition) is 4. The lowest BCUT2D eigenvalue weighted by Crippen LogP contribution is -2.49. The zero-order chi connectivity index (χ0) is 21.9. The van der Waals surface area contributed by atoms with Crippen molar-refractivity contribution in [1.29, 1.82) is 0 Å². The number of rotatable bonds is 4. The van der Waals surface area contributed by atoms with Crippen LogP contribution in [0.15, 0.2) is 72.9 Å². The number of amides is 2. The molecule has 5 rings (SSSR count). The minimum atomic E-state index is -0.0908. The van der Waals surface area contributed by atoms with Crippen LogP contribution >= 0.6 is 0 Å². The van der Waals surface area contributed by atoms with E-state index in [0.717, 1.165) is 36.3 Å². The van der Waals surface area contributed by atoms with Crippen LogP contribution in [0.25, 0.3) is 21.7 Å². The van der Waals surface area contributed by atoms with Gasteiger partial charge in [-0.15, -0.1) is 0 Å². The second kappa shape index (κ2) is 8.85. The van der Waals surface area contributed by atoms with Gasteiger partial charge in [0.2, 0.25) is 0 Å². The van der Waals surface area contributed by atoms with Crippen molar-refractivity contribution in [2.24, 2.45) is 0 Å². The predicted molar refractivity (Wildman–Crippen MR) is 128 cm³/mol. The third kappa shape index (κ3) is 3.97. The molecule has 0 radical (unpaired) electrons. The van der Waals surface area contributed by atoms with Crippen molar-refractivity contribution >= 4 is 33.4 Å². The van der Waals surface area contributed by atoms with E-state index in [4.69, 9.17) is 4.74 Å². The van der Waals surface area contributed by atoms with Gasteiger partial charge in [-0.1, -0.05) is 48.5 Å². The number of carbonyl (C=O) groups is 1. The summed E-state index contributed by atoms with van der Waals surface area (Å²) in [5.41, 5.74) is 2.76. The molecule has 0 atom stereocenters. The van der Waals surface area contributed by atoms with E-state index in [1.54, 1.807) is 13.3 Å². The van der Waals surface area contributed by atoms with Gasteiger partial charge in [-0.25, -0.2) is 4.79 Å². The Bertz CT molecular complexity index is 1260. The molecule has 1 aromatic heterocycles. The summed E-state index contributed by atoms with van der Waals surface area (Å²) in [5, 5.41) is 6.49. The number of carbonyl (C=O) groups excluding carboxylic acids is 1. The smallest absolute Gasteiger partial charge is 0.321 e. The average Bonchev–Trinajstić information content (AvgIpc) is 2.84.